The second-order valence-corrected chi connectivity index (χ2v) is 5.63. The van der Waals surface area contributed by atoms with Crippen LogP contribution in [0.2, 0.25) is 5.02 Å². The van der Waals surface area contributed by atoms with Crippen molar-refractivity contribution in [2.24, 2.45) is 0 Å². The van der Waals surface area contributed by atoms with Crippen LogP contribution >= 0.6 is 11.6 Å². The molecule has 1 heterocycles. The van der Waals surface area contributed by atoms with Crippen molar-refractivity contribution in [3.05, 3.63) is 58.6 Å². The number of halogens is 2. The molecular formula is C16H16ClFN2O. The van der Waals surface area contributed by atoms with Crippen LogP contribution in [0.15, 0.2) is 36.7 Å². The predicted octanol–water partition coefficient (Wildman–Crippen LogP) is 3.71. The minimum atomic E-state index is -0.372. The first kappa shape index (κ1) is 14.3. The van der Waals surface area contributed by atoms with Crippen molar-refractivity contribution in [2.75, 3.05) is 0 Å². The maximum atomic E-state index is 13.0. The number of hydrogen-bond donors (Lipinski definition) is 1. The summed E-state index contributed by atoms with van der Waals surface area (Å²) < 4.78 is 18.6. The van der Waals surface area contributed by atoms with E-state index in [2.05, 4.69) is 10.3 Å². The molecule has 0 bridgehead atoms. The number of rotatable bonds is 6. The number of aromatic nitrogens is 1. The van der Waals surface area contributed by atoms with Crippen molar-refractivity contribution >= 4 is 11.6 Å². The van der Waals surface area contributed by atoms with Crippen LogP contribution in [0.25, 0.3) is 0 Å². The first-order valence-corrected chi connectivity index (χ1v) is 7.32. The van der Waals surface area contributed by atoms with Crippen molar-refractivity contribution in [2.45, 2.75) is 32.0 Å². The fraction of sp³-hybridized carbons (Fsp3) is 0.312. The molecule has 3 rings (SSSR count). The third-order valence-electron chi connectivity index (χ3n) is 3.32. The molecular weight excluding hydrogens is 291 g/mol. The zero-order valence-corrected chi connectivity index (χ0v) is 12.2. The quantitative estimate of drug-likeness (QED) is 0.883. The van der Waals surface area contributed by atoms with Crippen LogP contribution in [0.1, 0.15) is 24.0 Å². The van der Waals surface area contributed by atoms with Gasteiger partial charge < -0.3 is 10.1 Å². The zero-order chi connectivity index (χ0) is 14.7. The fourth-order valence-electron chi connectivity index (χ4n) is 2.02. The van der Waals surface area contributed by atoms with Gasteiger partial charge in [-0.1, -0.05) is 17.7 Å². The second-order valence-electron chi connectivity index (χ2n) is 5.22. The molecule has 1 fully saturated rings. The van der Waals surface area contributed by atoms with Gasteiger partial charge in [-0.3, -0.25) is 4.98 Å². The van der Waals surface area contributed by atoms with E-state index in [0.29, 0.717) is 22.4 Å². The molecule has 0 unspecified atom stereocenters. The van der Waals surface area contributed by atoms with Crippen LogP contribution in [0.4, 0.5) is 4.39 Å². The second kappa shape index (κ2) is 6.41. The highest BCUT2D eigenvalue weighted by atomic mass is 35.5. The number of ether oxygens (including phenoxy) is 1. The lowest BCUT2D eigenvalue weighted by Gasteiger charge is -2.10. The summed E-state index contributed by atoms with van der Waals surface area (Å²) in [6.07, 6.45) is 5.26. The van der Waals surface area contributed by atoms with Crippen molar-refractivity contribution in [1.82, 2.24) is 10.3 Å². The first-order valence-electron chi connectivity index (χ1n) is 6.95. The van der Waals surface area contributed by atoms with E-state index in [1.165, 1.54) is 18.9 Å². The Balaban J connectivity index is 1.59. The summed E-state index contributed by atoms with van der Waals surface area (Å²) in [5, 5.41) is 4.00. The van der Waals surface area contributed by atoms with E-state index >= 15 is 0 Å². The summed E-state index contributed by atoms with van der Waals surface area (Å²) in [5.74, 6) is 0.222. The van der Waals surface area contributed by atoms with Gasteiger partial charge in [-0.2, -0.15) is 0 Å². The van der Waals surface area contributed by atoms with Crippen molar-refractivity contribution in [3.63, 3.8) is 0 Å². The van der Waals surface area contributed by atoms with Crippen molar-refractivity contribution in [3.8, 4) is 5.75 Å². The molecule has 21 heavy (non-hydrogen) atoms. The maximum absolute atomic E-state index is 13.0. The van der Waals surface area contributed by atoms with E-state index in [1.807, 2.05) is 18.2 Å². The Morgan fingerprint density at radius 1 is 1.24 bits per heavy atom. The zero-order valence-electron chi connectivity index (χ0n) is 11.5. The highest BCUT2D eigenvalue weighted by Crippen LogP contribution is 2.27. The number of pyridine rings is 1. The largest absolute Gasteiger partial charge is 0.487 e. The molecule has 3 nitrogen and oxygen atoms in total. The Bertz CT molecular complexity index is 631. The molecule has 1 N–H and O–H groups in total. The van der Waals surface area contributed by atoms with Crippen LogP contribution in [-0.2, 0) is 13.2 Å². The molecule has 0 atom stereocenters. The van der Waals surface area contributed by atoms with Gasteiger partial charge in [-0.25, -0.2) is 4.39 Å². The van der Waals surface area contributed by atoms with Crippen LogP contribution < -0.4 is 10.1 Å². The van der Waals surface area contributed by atoms with Gasteiger partial charge in [0.1, 0.15) is 18.2 Å². The van der Waals surface area contributed by atoms with Gasteiger partial charge in [0.2, 0.25) is 0 Å². The van der Waals surface area contributed by atoms with E-state index < -0.39 is 0 Å². The molecule has 0 saturated heterocycles. The highest BCUT2D eigenvalue weighted by molar-refractivity contribution is 6.32. The van der Waals surface area contributed by atoms with Gasteiger partial charge >= 0.3 is 0 Å². The van der Waals surface area contributed by atoms with E-state index in [0.717, 1.165) is 18.3 Å². The van der Waals surface area contributed by atoms with Crippen LogP contribution in [-0.4, -0.2) is 11.0 Å². The minimum Gasteiger partial charge on any atom is -0.487 e. The summed E-state index contributed by atoms with van der Waals surface area (Å²) in [6, 6.07) is 7.80. The van der Waals surface area contributed by atoms with E-state index in [9.17, 15) is 4.39 Å². The molecule has 0 spiro atoms. The van der Waals surface area contributed by atoms with Gasteiger partial charge in [0.15, 0.2) is 0 Å². The van der Waals surface area contributed by atoms with Crippen LogP contribution in [0, 0.1) is 5.82 Å². The summed E-state index contributed by atoms with van der Waals surface area (Å²) in [4.78, 5) is 3.78. The van der Waals surface area contributed by atoms with E-state index in [4.69, 9.17) is 16.3 Å². The Labute approximate surface area is 128 Å². The summed E-state index contributed by atoms with van der Waals surface area (Å²) in [6.45, 7) is 1.06. The molecule has 0 amide bonds. The lowest BCUT2D eigenvalue weighted by atomic mass is 10.2. The SMILES string of the molecule is Fc1cncc(COc2ccc(CNC3CC3)cc2Cl)c1. The number of hydrogen-bond acceptors (Lipinski definition) is 3. The maximum Gasteiger partial charge on any atom is 0.141 e. The van der Waals surface area contributed by atoms with E-state index in [1.54, 1.807) is 6.20 Å². The van der Waals surface area contributed by atoms with Gasteiger partial charge in [0.05, 0.1) is 11.2 Å². The normalized spacial score (nSPS) is 14.2. The average molecular weight is 307 g/mol. The fourth-order valence-corrected chi connectivity index (χ4v) is 2.27. The van der Waals surface area contributed by atoms with Gasteiger partial charge in [0.25, 0.3) is 0 Å². The Morgan fingerprint density at radius 2 is 2.10 bits per heavy atom. The number of nitrogens with zero attached hydrogens (tertiary/aromatic N) is 1. The van der Waals surface area contributed by atoms with Crippen molar-refractivity contribution < 1.29 is 9.13 Å². The summed E-state index contributed by atoms with van der Waals surface area (Å²) in [5.41, 5.74) is 1.80. The molecule has 110 valence electrons. The summed E-state index contributed by atoms with van der Waals surface area (Å²) >= 11 is 6.22. The number of benzene rings is 1. The molecule has 1 saturated carbocycles. The molecule has 1 aliphatic rings. The molecule has 0 aliphatic heterocycles. The molecule has 1 aromatic carbocycles. The van der Waals surface area contributed by atoms with Crippen LogP contribution in [0.5, 0.6) is 5.75 Å². The lowest BCUT2D eigenvalue weighted by molar-refractivity contribution is 0.305. The van der Waals surface area contributed by atoms with Gasteiger partial charge in [-0.15, -0.1) is 0 Å². The Hall–Kier alpha value is -1.65. The lowest BCUT2D eigenvalue weighted by Crippen LogP contribution is -2.15. The van der Waals surface area contributed by atoms with Gasteiger partial charge in [-0.05, 0) is 36.6 Å². The van der Waals surface area contributed by atoms with Gasteiger partial charge in [0, 0.05) is 24.3 Å². The van der Waals surface area contributed by atoms with Crippen LogP contribution in [0.3, 0.4) is 0 Å². The Morgan fingerprint density at radius 3 is 2.81 bits per heavy atom. The average Bonchev–Trinajstić information content (AvgIpc) is 3.28. The third kappa shape index (κ3) is 4.16. The summed E-state index contributed by atoms with van der Waals surface area (Å²) in [7, 11) is 0. The first-order chi connectivity index (χ1) is 10.2. The monoisotopic (exact) mass is 306 g/mol. The smallest absolute Gasteiger partial charge is 0.141 e. The third-order valence-corrected chi connectivity index (χ3v) is 3.62. The van der Waals surface area contributed by atoms with Crippen molar-refractivity contribution in [1.29, 1.82) is 0 Å². The molecule has 5 heteroatoms. The van der Waals surface area contributed by atoms with E-state index in [-0.39, 0.29) is 12.4 Å². The standard InChI is InChI=1S/C16H16ClFN2O/c17-15-6-11(8-20-14-2-3-14)1-4-16(15)21-10-12-5-13(18)9-19-7-12/h1,4-7,9,14,20H,2-3,8,10H2. The molecule has 0 radical (unpaired) electrons. The topological polar surface area (TPSA) is 34.1 Å². The highest BCUT2D eigenvalue weighted by Gasteiger charge is 2.20. The molecule has 2 aromatic rings. The predicted molar refractivity (Wildman–Crippen MR) is 79.8 cm³/mol. The minimum absolute atomic E-state index is 0.240. The Kier molecular flexibility index (Phi) is 4.36. The number of nitrogens with one attached hydrogen (secondary N) is 1. The molecule has 1 aliphatic carbocycles. The molecule has 1 aromatic heterocycles.